The van der Waals surface area contributed by atoms with Gasteiger partial charge in [0.2, 0.25) is 0 Å². The van der Waals surface area contributed by atoms with Gasteiger partial charge in [-0.2, -0.15) is 0 Å². The largest absolute Gasteiger partial charge is 0.394 e. The molecule has 0 bridgehead atoms. The van der Waals surface area contributed by atoms with Gasteiger partial charge in [-0.25, -0.2) is 4.39 Å². The number of alkyl halides is 1. The van der Waals surface area contributed by atoms with Crippen LogP contribution in [-0.2, 0) is 4.74 Å². The SMILES string of the molecule is [CH][C@@H]1O[C@H](CO)[C@H](F)C1O. The quantitative estimate of drug-likeness (QED) is 0.509. The number of rotatable bonds is 1. The summed E-state index contributed by atoms with van der Waals surface area (Å²) >= 11 is 0. The van der Waals surface area contributed by atoms with Crippen molar-refractivity contribution in [2.24, 2.45) is 0 Å². The highest BCUT2D eigenvalue weighted by atomic mass is 19.1. The molecule has 58 valence electrons. The van der Waals surface area contributed by atoms with Gasteiger partial charge in [0.15, 0.2) is 6.17 Å². The average molecular weight is 148 g/mol. The van der Waals surface area contributed by atoms with E-state index in [9.17, 15) is 4.39 Å². The van der Waals surface area contributed by atoms with Gasteiger partial charge in [0.25, 0.3) is 0 Å². The van der Waals surface area contributed by atoms with Crippen molar-refractivity contribution in [3.8, 4) is 0 Å². The van der Waals surface area contributed by atoms with Crippen LogP contribution in [0.5, 0.6) is 0 Å². The topological polar surface area (TPSA) is 49.7 Å². The van der Waals surface area contributed by atoms with E-state index >= 15 is 0 Å². The molecule has 1 aliphatic heterocycles. The lowest BCUT2D eigenvalue weighted by Crippen LogP contribution is -2.29. The molecule has 1 aliphatic rings. The highest BCUT2D eigenvalue weighted by Gasteiger charge is 2.41. The van der Waals surface area contributed by atoms with Gasteiger partial charge in [-0.3, -0.25) is 0 Å². The zero-order valence-corrected chi connectivity index (χ0v) is 5.27. The molecule has 2 radical (unpaired) electrons. The Bertz CT molecular complexity index is 120. The van der Waals surface area contributed by atoms with Crippen molar-refractivity contribution in [2.45, 2.75) is 24.5 Å². The fraction of sp³-hybridized carbons (Fsp3) is 0.833. The predicted molar refractivity (Wildman–Crippen MR) is 30.9 cm³/mol. The molecule has 2 N–H and O–H groups in total. The van der Waals surface area contributed by atoms with E-state index in [2.05, 4.69) is 4.74 Å². The summed E-state index contributed by atoms with van der Waals surface area (Å²) < 4.78 is 17.3. The Hall–Kier alpha value is -0.190. The minimum Gasteiger partial charge on any atom is -0.394 e. The number of aliphatic hydroxyl groups is 2. The molecule has 0 aromatic carbocycles. The fourth-order valence-corrected chi connectivity index (χ4v) is 0.902. The van der Waals surface area contributed by atoms with Crippen LogP contribution in [0, 0.1) is 6.92 Å². The molecule has 1 saturated heterocycles. The Morgan fingerprint density at radius 2 is 2.20 bits per heavy atom. The minimum atomic E-state index is -1.57. The van der Waals surface area contributed by atoms with Crippen LogP contribution >= 0.6 is 0 Å². The van der Waals surface area contributed by atoms with E-state index in [1.807, 2.05) is 0 Å². The second kappa shape index (κ2) is 2.82. The van der Waals surface area contributed by atoms with Crippen LogP contribution in [0.3, 0.4) is 0 Å². The van der Waals surface area contributed by atoms with Gasteiger partial charge >= 0.3 is 0 Å². The monoisotopic (exact) mass is 148 g/mol. The van der Waals surface area contributed by atoms with Crippen LogP contribution in [0.1, 0.15) is 0 Å². The maximum Gasteiger partial charge on any atom is 0.157 e. The lowest BCUT2D eigenvalue weighted by atomic mass is 10.1. The van der Waals surface area contributed by atoms with Crippen molar-refractivity contribution >= 4 is 0 Å². The van der Waals surface area contributed by atoms with Crippen molar-refractivity contribution in [1.82, 2.24) is 0 Å². The summed E-state index contributed by atoms with van der Waals surface area (Å²) in [6.07, 6.45) is -4.85. The molecule has 0 aliphatic carbocycles. The number of aliphatic hydroxyl groups excluding tert-OH is 2. The highest BCUT2D eigenvalue weighted by Crippen LogP contribution is 2.22. The van der Waals surface area contributed by atoms with Crippen LogP contribution in [0.2, 0.25) is 0 Å². The smallest absolute Gasteiger partial charge is 0.157 e. The molecule has 0 spiro atoms. The Kier molecular flexibility index (Phi) is 2.23. The second-order valence-electron chi connectivity index (χ2n) is 2.26. The van der Waals surface area contributed by atoms with Crippen LogP contribution in [0.4, 0.5) is 4.39 Å². The van der Waals surface area contributed by atoms with E-state index in [4.69, 9.17) is 17.1 Å². The van der Waals surface area contributed by atoms with Crippen LogP contribution in [0.25, 0.3) is 0 Å². The molecule has 3 nitrogen and oxygen atoms in total. The summed E-state index contributed by atoms with van der Waals surface area (Å²) in [4.78, 5) is 0. The van der Waals surface area contributed by atoms with E-state index in [0.29, 0.717) is 0 Å². The third-order valence-corrected chi connectivity index (χ3v) is 1.53. The van der Waals surface area contributed by atoms with E-state index in [0.717, 1.165) is 0 Å². The summed E-state index contributed by atoms with van der Waals surface area (Å²) in [5.41, 5.74) is 0. The zero-order valence-electron chi connectivity index (χ0n) is 5.27. The summed E-state index contributed by atoms with van der Waals surface area (Å²) in [6.45, 7) is 4.66. The first-order valence-corrected chi connectivity index (χ1v) is 3.01. The van der Waals surface area contributed by atoms with Crippen molar-refractivity contribution in [3.05, 3.63) is 6.92 Å². The number of hydrogen-bond acceptors (Lipinski definition) is 3. The Balaban J connectivity index is 2.53. The van der Waals surface area contributed by atoms with Gasteiger partial charge in [-0.15, -0.1) is 0 Å². The molecule has 0 amide bonds. The first kappa shape index (κ1) is 7.91. The van der Waals surface area contributed by atoms with E-state index in [1.54, 1.807) is 0 Å². The normalized spacial score (nSPS) is 48.0. The van der Waals surface area contributed by atoms with Crippen LogP contribution < -0.4 is 0 Å². The second-order valence-corrected chi connectivity index (χ2v) is 2.26. The Labute approximate surface area is 58.4 Å². The minimum absolute atomic E-state index is 0.452. The summed E-state index contributed by atoms with van der Waals surface area (Å²) in [6, 6.07) is 0. The lowest BCUT2D eigenvalue weighted by molar-refractivity contribution is 0.00615. The Morgan fingerprint density at radius 1 is 1.60 bits per heavy atom. The van der Waals surface area contributed by atoms with Crippen molar-refractivity contribution in [1.29, 1.82) is 0 Å². The lowest BCUT2D eigenvalue weighted by Gasteiger charge is -2.07. The van der Waals surface area contributed by atoms with Gasteiger partial charge in [0.1, 0.15) is 12.2 Å². The van der Waals surface area contributed by atoms with Crippen molar-refractivity contribution in [3.63, 3.8) is 0 Å². The molecule has 1 unspecified atom stereocenters. The van der Waals surface area contributed by atoms with E-state index < -0.39 is 31.1 Å². The molecule has 4 atom stereocenters. The van der Waals surface area contributed by atoms with Gasteiger partial charge in [-0.1, -0.05) is 0 Å². The molecule has 0 aromatic rings. The summed E-state index contributed by atoms with van der Waals surface area (Å²) in [5, 5.41) is 17.3. The molecule has 1 fully saturated rings. The molecule has 0 saturated carbocycles. The van der Waals surface area contributed by atoms with Crippen LogP contribution in [-0.4, -0.2) is 41.3 Å². The van der Waals surface area contributed by atoms with E-state index in [-0.39, 0.29) is 0 Å². The number of ether oxygens (including phenoxy) is 1. The standard InChI is InChI=1S/C6H9FO3/c1-3-6(9)5(7)4(2-8)10-3/h1,3-6,8-9H,2H2/t3-,4+,5-,6?/m0/s1. The van der Waals surface area contributed by atoms with E-state index in [1.165, 1.54) is 0 Å². The van der Waals surface area contributed by atoms with Gasteiger partial charge in [0.05, 0.1) is 12.7 Å². The predicted octanol–water partition coefficient (Wildman–Crippen LogP) is -0.844. The summed E-state index contributed by atoms with van der Waals surface area (Å²) in [5.74, 6) is 0. The molecular formula is C6H9FO3. The molecule has 1 rings (SSSR count). The number of halogens is 1. The fourth-order valence-electron chi connectivity index (χ4n) is 0.902. The van der Waals surface area contributed by atoms with Crippen LogP contribution in [0.15, 0.2) is 0 Å². The van der Waals surface area contributed by atoms with Gasteiger partial charge < -0.3 is 14.9 Å². The Morgan fingerprint density at radius 3 is 2.40 bits per heavy atom. The average Bonchev–Trinajstić information content (AvgIpc) is 2.17. The highest BCUT2D eigenvalue weighted by molar-refractivity contribution is 4.91. The van der Waals surface area contributed by atoms with Crippen molar-refractivity contribution in [2.75, 3.05) is 6.61 Å². The van der Waals surface area contributed by atoms with Gasteiger partial charge in [-0.05, 0) is 6.92 Å². The molecular weight excluding hydrogens is 139 g/mol. The molecule has 1 heterocycles. The summed E-state index contributed by atoms with van der Waals surface area (Å²) in [7, 11) is 0. The maximum atomic E-state index is 12.6. The third kappa shape index (κ3) is 1.14. The molecule has 0 aromatic heterocycles. The van der Waals surface area contributed by atoms with Gasteiger partial charge in [0, 0.05) is 0 Å². The first-order chi connectivity index (χ1) is 4.66. The molecule has 10 heavy (non-hydrogen) atoms. The zero-order chi connectivity index (χ0) is 7.72. The third-order valence-electron chi connectivity index (χ3n) is 1.53. The number of hydrogen-bond donors (Lipinski definition) is 2. The van der Waals surface area contributed by atoms with Crippen molar-refractivity contribution < 1.29 is 19.3 Å². The molecule has 4 heteroatoms. The first-order valence-electron chi connectivity index (χ1n) is 3.01. The maximum absolute atomic E-state index is 12.6.